The van der Waals surface area contributed by atoms with Crippen LogP contribution in [0.15, 0.2) is 24.3 Å². The van der Waals surface area contributed by atoms with Gasteiger partial charge in [-0.15, -0.1) is 0 Å². The van der Waals surface area contributed by atoms with E-state index in [9.17, 15) is 9.59 Å². The Hall–Kier alpha value is -2.08. The van der Waals surface area contributed by atoms with Crippen molar-refractivity contribution in [3.8, 4) is 5.75 Å². The van der Waals surface area contributed by atoms with Crippen molar-refractivity contribution in [1.82, 2.24) is 14.7 Å². The summed E-state index contributed by atoms with van der Waals surface area (Å²) in [5, 5.41) is 0. The molecule has 0 N–H and O–H groups in total. The van der Waals surface area contributed by atoms with Gasteiger partial charge in [-0.2, -0.15) is 0 Å². The zero-order valence-electron chi connectivity index (χ0n) is 18.4. The van der Waals surface area contributed by atoms with E-state index in [0.29, 0.717) is 36.9 Å². The van der Waals surface area contributed by atoms with E-state index in [1.54, 1.807) is 0 Å². The molecular formula is C24H35N3O3. The number of benzene rings is 1. The number of amides is 2. The highest BCUT2D eigenvalue weighted by Gasteiger charge is 2.50. The van der Waals surface area contributed by atoms with Crippen LogP contribution in [0.5, 0.6) is 5.75 Å². The first-order valence-electron chi connectivity index (χ1n) is 11.6. The van der Waals surface area contributed by atoms with Gasteiger partial charge in [0, 0.05) is 26.2 Å². The largest absolute Gasteiger partial charge is 0.493 e. The number of para-hydroxylation sites is 1. The quantitative estimate of drug-likeness (QED) is 0.761. The molecule has 4 rings (SSSR count). The summed E-state index contributed by atoms with van der Waals surface area (Å²) in [6, 6.07) is 7.47. The fourth-order valence-corrected chi connectivity index (χ4v) is 5.75. The third kappa shape index (κ3) is 3.94. The van der Waals surface area contributed by atoms with Crippen molar-refractivity contribution in [2.75, 3.05) is 46.4 Å². The molecule has 3 saturated heterocycles. The molecule has 1 aromatic carbocycles. The van der Waals surface area contributed by atoms with Crippen molar-refractivity contribution in [2.24, 2.45) is 5.41 Å². The summed E-state index contributed by atoms with van der Waals surface area (Å²) in [5.41, 5.74) is 0.629. The number of rotatable bonds is 4. The normalized spacial score (nSPS) is 24.3. The summed E-state index contributed by atoms with van der Waals surface area (Å²) in [6.07, 6.45) is 6.24. The molecule has 3 aliphatic rings. The number of carbonyl (C=O) groups is 2. The van der Waals surface area contributed by atoms with Crippen LogP contribution in [-0.2, 0) is 4.79 Å². The Bertz CT molecular complexity index is 767. The number of ether oxygens (including phenoxy) is 1. The van der Waals surface area contributed by atoms with Crippen LogP contribution < -0.4 is 4.74 Å². The lowest BCUT2D eigenvalue weighted by atomic mass is 9.66. The number of likely N-dealkylation sites (N-methyl/N-ethyl adjacent to an activating group) is 1. The zero-order valence-corrected chi connectivity index (χ0v) is 18.4. The zero-order chi connectivity index (χ0) is 21.1. The van der Waals surface area contributed by atoms with Gasteiger partial charge in [0.25, 0.3) is 5.91 Å². The Balaban J connectivity index is 1.49. The summed E-state index contributed by atoms with van der Waals surface area (Å²) in [7, 11) is 2.11. The van der Waals surface area contributed by atoms with Crippen LogP contribution in [0.4, 0.5) is 0 Å². The van der Waals surface area contributed by atoms with Gasteiger partial charge in [-0.1, -0.05) is 12.1 Å². The number of piperidine rings is 2. The molecule has 30 heavy (non-hydrogen) atoms. The van der Waals surface area contributed by atoms with E-state index in [4.69, 9.17) is 4.74 Å². The van der Waals surface area contributed by atoms with Gasteiger partial charge in [-0.25, -0.2) is 0 Å². The molecule has 1 atom stereocenters. The summed E-state index contributed by atoms with van der Waals surface area (Å²) < 4.78 is 5.67. The van der Waals surface area contributed by atoms with Gasteiger partial charge in [0.05, 0.1) is 18.2 Å². The van der Waals surface area contributed by atoms with Gasteiger partial charge in [0.1, 0.15) is 5.75 Å². The molecule has 0 radical (unpaired) electrons. The Labute approximate surface area is 180 Å². The highest BCUT2D eigenvalue weighted by Crippen LogP contribution is 2.45. The van der Waals surface area contributed by atoms with E-state index in [2.05, 4.69) is 16.8 Å². The molecule has 3 fully saturated rings. The molecular weight excluding hydrogens is 378 g/mol. The third-order valence-corrected chi connectivity index (χ3v) is 7.32. The average Bonchev–Trinajstić information content (AvgIpc) is 3.29. The molecule has 0 saturated carbocycles. The smallest absolute Gasteiger partial charge is 0.257 e. The van der Waals surface area contributed by atoms with Gasteiger partial charge in [0.15, 0.2) is 0 Å². The second-order valence-electron chi connectivity index (χ2n) is 9.10. The first kappa shape index (κ1) is 21.2. The van der Waals surface area contributed by atoms with Crippen LogP contribution in [0.3, 0.4) is 0 Å². The second-order valence-corrected chi connectivity index (χ2v) is 9.10. The van der Waals surface area contributed by atoms with Crippen molar-refractivity contribution in [1.29, 1.82) is 0 Å². The fourth-order valence-electron chi connectivity index (χ4n) is 5.75. The van der Waals surface area contributed by atoms with E-state index in [0.717, 1.165) is 58.2 Å². The van der Waals surface area contributed by atoms with Crippen LogP contribution in [0.1, 0.15) is 55.8 Å². The van der Waals surface area contributed by atoms with Crippen LogP contribution in [0, 0.1) is 5.41 Å². The van der Waals surface area contributed by atoms with Gasteiger partial charge in [-0.3, -0.25) is 14.5 Å². The molecule has 0 bridgehead atoms. The highest BCUT2D eigenvalue weighted by molar-refractivity contribution is 5.97. The molecule has 3 aliphatic heterocycles. The molecule has 3 heterocycles. The maximum Gasteiger partial charge on any atom is 0.257 e. The number of nitrogens with zero attached hydrogens (tertiary/aromatic N) is 3. The van der Waals surface area contributed by atoms with Crippen molar-refractivity contribution in [2.45, 2.75) is 51.5 Å². The Kier molecular flexibility index (Phi) is 6.32. The van der Waals surface area contributed by atoms with Crippen molar-refractivity contribution in [3.63, 3.8) is 0 Å². The maximum atomic E-state index is 13.4. The number of likely N-dealkylation sites (tertiary alicyclic amines) is 3. The predicted molar refractivity (Wildman–Crippen MR) is 117 cm³/mol. The minimum Gasteiger partial charge on any atom is -0.493 e. The average molecular weight is 414 g/mol. The van der Waals surface area contributed by atoms with Gasteiger partial charge < -0.3 is 14.5 Å². The summed E-state index contributed by atoms with van der Waals surface area (Å²) in [6.45, 7) is 6.67. The number of carbonyl (C=O) groups excluding carboxylic acids is 2. The predicted octanol–water partition coefficient (Wildman–Crippen LogP) is 3.02. The third-order valence-electron chi connectivity index (χ3n) is 7.32. The first-order valence-corrected chi connectivity index (χ1v) is 11.6. The van der Waals surface area contributed by atoms with E-state index < -0.39 is 0 Å². The monoisotopic (exact) mass is 413 g/mol. The molecule has 6 nitrogen and oxygen atoms in total. The molecule has 2 amide bonds. The lowest BCUT2D eigenvalue weighted by Gasteiger charge is -2.52. The van der Waals surface area contributed by atoms with Gasteiger partial charge >= 0.3 is 0 Å². The van der Waals surface area contributed by atoms with Crippen molar-refractivity contribution < 1.29 is 14.3 Å². The van der Waals surface area contributed by atoms with Crippen molar-refractivity contribution >= 4 is 11.8 Å². The molecule has 0 aromatic heterocycles. The summed E-state index contributed by atoms with van der Waals surface area (Å²) in [4.78, 5) is 33.0. The van der Waals surface area contributed by atoms with E-state index in [1.165, 1.54) is 0 Å². The van der Waals surface area contributed by atoms with Crippen LogP contribution in [0.25, 0.3) is 0 Å². The standard InChI is InChI=1S/C24H35N3O3/c1-3-30-20-10-5-4-9-19(20)22(28)27-17-12-24(13-18-27)11-8-14-25(2)21(24)23(29)26-15-6-7-16-26/h4-5,9-10,21H,3,6-8,11-18H2,1-2H3. The first-order chi connectivity index (χ1) is 14.6. The lowest BCUT2D eigenvalue weighted by molar-refractivity contribution is -0.145. The second kappa shape index (κ2) is 8.96. The van der Waals surface area contributed by atoms with E-state index in [-0.39, 0.29) is 17.4 Å². The van der Waals surface area contributed by atoms with E-state index >= 15 is 0 Å². The minimum absolute atomic E-state index is 0.0110. The van der Waals surface area contributed by atoms with Crippen molar-refractivity contribution in [3.05, 3.63) is 29.8 Å². The van der Waals surface area contributed by atoms with Crippen LogP contribution in [0.2, 0.25) is 0 Å². The molecule has 1 unspecified atom stereocenters. The Morgan fingerprint density at radius 2 is 1.67 bits per heavy atom. The SMILES string of the molecule is CCOc1ccccc1C(=O)N1CCC2(CCCN(C)C2C(=O)N2CCCC2)CC1. The Morgan fingerprint density at radius 1 is 0.967 bits per heavy atom. The van der Waals surface area contributed by atoms with Gasteiger partial charge in [-0.05, 0) is 76.6 Å². The Morgan fingerprint density at radius 3 is 2.37 bits per heavy atom. The summed E-state index contributed by atoms with van der Waals surface area (Å²) in [5.74, 6) is 1.02. The highest BCUT2D eigenvalue weighted by atomic mass is 16.5. The number of hydrogen-bond acceptors (Lipinski definition) is 4. The molecule has 164 valence electrons. The topological polar surface area (TPSA) is 53.1 Å². The molecule has 1 spiro atoms. The fraction of sp³-hybridized carbons (Fsp3) is 0.667. The summed E-state index contributed by atoms with van der Waals surface area (Å²) >= 11 is 0. The van der Waals surface area contributed by atoms with E-state index in [1.807, 2.05) is 36.1 Å². The van der Waals surface area contributed by atoms with Crippen LogP contribution >= 0.6 is 0 Å². The lowest BCUT2D eigenvalue weighted by Crippen LogP contribution is -2.61. The van der Waals surface area contributed by atoms with Gasteiger partial charge in [0.2, 0.25) is 5.91 Å². The number of hydrogen-bond donors (Lipinski definition) is 0. The molecule has 1 aromatic rings. The maximum absolute atomic E-state index is 13.4. The minimum atomic E-state index is -0.0442. The van der Waals surface area contributed by atoms with Crippen LogP contribution in [-0.4, -0.2) is 78.9 Å². The molecule has 0 aliphatic carbocycles. The molecule has 6 heteroatoms.